The Hall–Kier alpha value is -3.67. The van der Waals surface area contributed by atoms with Crippen LogP contribution in [0.25, 0.3) is 22.3 Å². The second-order valence-corrected chi connectivity index (χ2v) is 8.22. The first kappa shape index (κ1) is 24.0. The number of benzene rings is 2. The minimum atomic E-state index is -0.399. The summed E-state index contributed by atoms with van der Waals surface area (Å²) in [7, 11) is 3.06. The van der Waals surface area contributed by atoms with Gasteiger partial charge in [-0.2, -0.15) is 0 Å². The van der Waals surface area contributed by atoms with E-state index in [-0.39, 0.29) is 28.2 Å². The van der Waals surface area contributed by atoms with Crippen LogP contribution in [0.1, 0.15) is 39.2 Å². The van der Waals surface area contributed by atoms with Crippen molar-refractivity contribution < 1.29 is 24.1 Å². The molecule has 0 unspecified atom stereocenters. The molecule has 0 bridgehead atoms. The largest absolute Gasteiger partial charge is 0.507 e. The van der Waals surface area contributed by atoms with Gasteiger partial charge in [0.2, 0.25) is 0 Å². The quantitative estimate of drug-likeness (QED) is 0.402. The number of rotatable bonds is 8. The number of phenols is 2. The molecule has 2 N–H and O–H groups in total. The third kappa shape index (κ3) is 5.40. The Morgan fingerprint density at radius 1 is 1.00 bits per heavy atom. The maximum atomic E-state index is 12.9. The van der Waals surface area contributed by atoms with Crippen molar-refractivity contribution in [3.63, 3.8) is 0 Å². The van der Waals surface area contributed by atoms with E-state index in [9.17, 15) is 15.0 Å². The number of fused-ring (bicyclic) bond motifs is 1. The highest BCUT2D eigenvalue weighted by atomic mass is 16.5. The molecule has 0 saturated carbocycles. The van der Waals surface area contributed by atoms with E-state index in [0.29, 0.717) is 29.0 Å². The van der Waals surface area contributed by atoms with Crippen LogP contribution in [0.2, 0.25) is 0 Å². The summed E-state index contributed by atoms with van der Waals surface area (Å²) in [4.78, 5) is 12.9. The number of allylic oxidation sites excluding steroid dienone is 4. The molecule has 0 fully saturated rings. The molecule has 3 aromatic rings. The van der Waals surface area contributed by atoms with Gasteiger partial charge in [0.1, 0.15) is 28.2 Å². The van der Waals surface area contributed by atoms with E-state index >= 15 is 0 Å². The first-order chi connectivity index (χ1) is 15.7. The van der Waals surface area contributed by atoms with Gasteiger partial charge in [0.05, 0.1) is 14.2 Å². The van der Waals surface area contributed by atoms with Crippen molar-refractivity contribution in [3.8, 4) is 34.3 Å². The summed E-state index contributed by atoms with van der Waals surface area (Å²) in [5.41, 5.74) is 3.02. The molecule has 174 valence electrons. The van der Waals surface area contributed by atoms with Gasteiger partial charge in [0.15, 0.2) is 16.9 Å². The fourth-order valence-electron chi connectivity index (χ4n) is 3.63. The fraction of sp³-hybridized carbons (Fsp3) is 0.296. The van der Waals surface area contributed by atoms with Gasteiger partial charge in [-0.25, -0.2) is 0 Å². The minimum Gasteiger partial charge on any atom is -0.507 e. The van der Waals surface area contributed by atoms with Crippen LogP contribution in [-0.2, 0) is 6.42 Å². The van der Waals surface area contributed by atoms with Crippen LogP contribution < -0.4 is 14.9 Å². The number of phenolic OH excluding ortho intramolecular Hbond substituents is 2. The van der Waals surface area contributed by atoms with Gasteiger partial charge < -0.3 is 24.1 Å². The summed E-state index contributed by atoms with van der Waals surface area (Å²) < 4.78 is 16.4. The van der Waals surface area contributed by atoms with Crippen molar-refractivity contribution in [2.24, 2.45) is 0 Å². The van der Waals surface area contributed by atoms with E-state index in [1.807, 2.05) is 13.0 Å². The summed E-state index contributed by atoms with van der Waals surface area (Å²) in [6.07, 6.45) is 6.26. The summed E-state index contributed by atoms with van der Waals surface area (Å²) in [6.45, 7) is 6.14. The molecule has 0 amide bonds. The monoisotopic (exact) mass is 450 g/mol. The van der Waals surface area contributed by atoms with Crippen LogP contribution >= 0.6 is 0 Å². The SMILES string of the molecule is COc1ccc(-c2cc(=O)c3c(O)c(C/C=C(\C)CCC=C(C)C)c(O)cc3o2)cc1OC. The molecular formula is C27H30O6. The van der Waals surface area contributed by atoms with Crippen molar-refractivity contribution in [1.82, 2.24) is 0 Å². The molecule has 0 spiro atoms. The van der Waals surface area contributed by atoms with Crippen molar-refractivity contribution in [3.05, 3.63) is 69.4 Å². The van der Waals surface area contributed by atoms with Gasteiger partial charge >= 0.3 is 0 Å². The fourth-order valence-corrected chi connectivity index (χ4v) is 3.63. The molecule has 3 rings (SSSR count). The lowest BCUT2D eigenvalue weighted by atomic mass is 10.0. The van der Waals surface area contributed by atoms with E-state index in [2.05, 4.69) is 19.9 Å². The molecule has 1 heterocycles. The maximum Gasteiger partial charge on any atom is 0.197 e. The van der Waals surface area contributed by atoms with Crippen LogP contribution in [0, 0.1) is 0 Å². The Bertz CT molecular complexity index is 1280. The molecule has 6 heteroatoms. The number of hydrogen-bond donors (Lipinski definition) is 2. The van der Waals surface area contributed by atoms with Crippen molar-refractivity contribution in [2.45, 2.75) is 40.0 Å². The Morgan fingerprint density at radius 3 is 2.39 bits per heavy atom. The van der Waals surface area contributed by atoms with E-state index in [0.717, 1.165) is 18.4 Å². The standard InChI is InChI=1S/C27H30O6/c1-16(2)7-6-8-17(3)9-11-19-20(28)14-25-26(27(19)30)21(29)15-23(33-25)18-10-12-22(31-4)24(13-18)32-5/h7,9-10,12-15,28,30H,6,8,11H2,1-5H3/b17-9+. The normalized spacial score (nSPS) is 11.5. The van der Waals surface area contributed by atoms with E-state index in [1.54, 1.807) is 18.2 Å². The minimum absolute atomic E-state index is 0.0441. The summed E-state index contributed by atoms with van der Waals surface area (Å²) in [6, 6.07) is 7.85. The average molecular weight is 451 g/mol. The van der Waals surface area contributed by atoms with Gasteiger partial charge in [-0.3, -0.25) is 4.79 Å². The first-order valence-electron chi connectivity index (χ1n) is 10.8. The zero-order valence-electron chi connectivity index (χ0n) is 19.7. The Morgan fingerprint density at radius 2 is 1.73 bits per heavy atom. The Balaban J connectivity index is 1.98. The van der Waals surface area contributed by atoms with E-state index in [1.165, 1.54) is 31.9 Å². The highest BCUT2D eigenvalue weighted by molar-refractivity contribution is 5.88. The van der Waals surface area contributed by atoms with Gasteiger partial charge in [-0.05, 0) is 58.2 Å². The summed E-state index contributed by atoms with van der Waals surface area (Å²) in [5, 5.41) is 21.4. The van der Waals surface area contributed by atoms with Crippen LogP contribution in [0.4, 0.5) is 0 Å². The molecule has 0 aliphatic rings. The molecule has 1 aromatic heterocycles. The first-order valence-corrected chi connectivity index (χ1v) is 10.8. The molecule has 2 aromatic carbocycles. The Kier molecular flexibility index (Phi) is 7.48. The lowest BCUT2D eigenvalue weighted by Gasteiger charge is -2.11. The average Bonchev–Trinajstić information content (AvgIpc) is 2.77. The predicted octanol–water partition coefficient (Wildman–Crippen LogP) is 6.12. The second-order valence-electron chi connectivity index (χ2n) is 8.22. The second kappa shape index (κ2) is 10.3. The Labute approximate surface area is 193 Å². The highest BCUT2D eigenvalue weighted by Crippen LogP contribution is 2.37. The number of aromatic hydroxyl groups is 2. The molecule has 0 saturated heterocycles. The smallest absolute Gasteiger partial charge is 0.197 e. The molecular weight excluding hydrogens is 420 g/mol. The van der Waals surface area contributed by atoms with Crippen LogP contribution in [0.3, 0.4) is 0 Å². The van der Waals surface area contributed by atoms with Crippen molar-refractivity contribution in [2.75, 3.05) is 14.2 Å². The zero-order chi connectivity index (χ0) is 24.1. The van der Waals surface area contributed by atoms with E-state index < -0.39 is 5.43 Å². The lowest BCUT2D eigenvalue weighted by molar-refractivity contribution is 0.355. The van der Waals surface area contributed by atoms with Crippen molar-refractivity contribution >= 4 is 11.0 Å². The topological polar surface area (TPSA) is 89.1 Å². The summed E-state index contributed by atoms with van der Waals surface area (Å²) >= 11 is 0. The summed E-state index contributed by atoms with van der Waals surface area (Å²) in [5.74, 6) is 0.945. The molecule has 33 heavy (non-hydrogen) atoms. The number of ether oxygens (including phenoxy) is 2. The zero-order valence-corrected chi connectivity index (χ0v) is 19.7. The van der Waals surface area contributed by atoms with Crippen LogP contribution in [-0.4, -0.2) is 24.4 Å². The highest BCUT2D eigenvalue weighted by Gasteiger charge is 2.18. The van der Waals surface area contributed by atoms with Crippen LogP contribution in [0.5, 0.6) is 23.0 Å². The molecule has 0 aliphatic heterocycles. The molecule has 0 atom stereocenters. The molecule has 6 nitrogen and oxygen atoms in total. The van der Waals surface area contributed by atoms with Crippen molar-refractivity contribution in [1.29, 1.82) is 0 Å². The van der Waals surface area contributed by atoms with Crippen LogP contribution in [0.15, 0.2) is 62.8 Å². The predicted molar refractivity (Wildman–Crippen MR) is 130 cm³/mol. The lowest BCUT2D eigenvalue weighted by Crippen LogP contribution is -2.02. The number of methoxy groups -OCH3 is 2. The third-order valence-corrected chi connectivity index (χ3v) is 5.49. The van der Waals surface area contributed by atoms with Gasteiger partial charge in [-0.1, -0.05) is 23.3 Å². The van der Waals surface area contributed by atoms with Gasteiger partial charge in [0, 0.05) is 23.3 Å². The molecule has 0 aliphatic carbocycles. The maximum absolute atomic E-state index is 12.9. The molecule has 0 radical (unpaired) electrons. The van der Waals surface area contributed by atoms with E-state index in [4.69, 9.17) is 13.9 Å². The van der Waals surface area contributed by atoms with Gasteiger partial charge in [-0.15, -0.1) is 0 Å². The van der Waals surface area contributed by atoms with Gasteiger partial charge in [0.25, 0.3) is 0 Å². The third-order valence-electron chi connectivity index (χ3n) is 5.49. The number of hydrogen-bond acceptors (Lipinski definition) is 6.